The normalized spacial score (nSPS) is 10.4. The second-order valence-corrected chi connectivity index (χ2v) is 2.72. The molecule has 1 aromatic rings. The Balaban J connectivity index is 3.15. The van der Waals surface area contributed by atoms with E-state index in [-0.39, 0.29) is 5.69 Å². The van der Waals surface area contributed by atoms with Gasteiger partial charge in [0.05, 0.1) is 12.0 Å². The van der Waals surface area contributed by atoms with Crippen LogP contribution >= 0.6 is 0 Å². The molecule has 0 atom stereocenters. The van der Waals surface area contributed by atoms with Crippen LogP contribution in [0.1, 0.15) is 5.56 Å². The van der Waals surface area contributed by atoms with Crippen molar-refractivity contribution in [2.45, 2.75) is 6.92 Å². The van der Waals surface area contributed by atoms with Crippen LogP contribution in [0.25, 0.3) is 0 Å². The highest BCUT2D eigenvalue weighted by atomic mass is 16.6. The minimum absolute atomic E-state index is 0.0242. The van der Waals surface area contributed by atoms with E-state index in [1.54, 1.807) is 12.1 Å². The molecule has 5 heteroatoms. The lowest BCUT2D eigenvalue weighted by Gasteiger charge is -1.98. The average molecular weight is 194 g/mol. The van der Waals surface area contributed by atoms with Crippen molar-refractivity contribution in [1.82, 2.24) is 0 Å². The molecule has 0 aliphatic heterocycles. The number of nitro benzene ring substituents is 1. The summed E-state index contributed by atoms with van der Waals surface area (Å²) in [6.45, 7) is 1.84. The minimum Gasteiger partial charge on any atom is -0.486 e. The maximum absolute atomic E-state index is 10.6. The van der Waals surface area contributed by atoms with Gasteiger partial charge in [-0.25, -0.2) is 4.99 Å². The summed E-state index contributed by atoms with van der Waals surface area (Å²) in [6.07, 6.45) is 1.17. The van der Waals surface area contributed by atoms with Crippen molar-refractivity contribution in [2.24, 2.45) is 4.99 Å². The number of nitro groups is 1. The molecule has 0 aliphatic rings. The Bertz CT molecular complexity index is 374. The van der Waals surface area contributed by atoms with Gasteiger partial charge in [-0.1, -0.05) is 6.07 Å². The third-order valence-electron chi connectivity index (χ3n) is 1.62. The molecule has 0 aromatic heterocycles. The third kappa shape index (κ3) is 2.29. The fourth-order valence-corrected chi connectivity index (χ4v) is 1.00. The lowest BCUT2D eigenvalue weighted by molar-refractivity contribution is -0.384. The van der Waals surface area contributed by atoms with Crippen molar-refractivity contribution in [3.05, 3.63) is 33.9 Å². The topological polar surface area (TPSA) is 64.7 Å². The monoisotopic (exact) mass is 194 g/mol. The van der Waals surface area contributed by atoms with Crippen LogP contribution in [0, 0.1) is 17.0 Å². The Morgan fingerprint density at radius 3 is 2.86 bits per heavy atom. The molecule has 0 saturated carbocycles. The molecule has 0 radical (unpaired) electrons. The van der Waals surface area contributed by atoms with E-state index >= 15 is 0 Å². The Kier molecular flexibility index (Phi) is 3.17. The second-order valence-electron chi connectivity index (χ2n) is 2.72. The average Bonchev–Trinajstić information content (AvgIpc) is 2.14. The van der Waals surface area contributed by atoms with Crippen LogP contribution in [-0.2, 0) is 4.74 Å². The molecule has 0 unspecified atom stereocenters. The van der Waals surface area contributed by atoms with Crippen molar-refractivity contribution in [3.8, 4) is 0 Å². The van der Waals surface area contributed by atoms with Crippen LogP contribution in [0.4, 0.5) is 11.4 Å². The van der Waals surface area contributed by atoms with Gasteiger partial charge in [-0.2, -0.15) is 0 Å². The fraction of sp³-hybridized carbons (Fsp3) is 0.222. The number of aryl methyl sites for hydroxylation is 1. The number of aliphatic imine (C=N–C) groups is 1. The van der Waals surface area contributed by atoms with Gasteiger partial charge in [0.15, 0.2) is 6.40 Å². The molecule has 74 valence electrons. The molecule has 0 amide bonds. The van der Waals surface area contributed by atoms with Crippen molar-refractivity contribution >= 4 is 17.8 Å². The van der Waals surface area contributed by atoms with Crippen LogP contribution in [0.3, 0.4) is 0 Å². The first-order chi connectivity index (χ1) is 6.65. The first-order valence-electron chi connectivity index (χ1n) is 3.95. The number of hydrogen-bond acceptors (Lipinski definition) is 4. The predicted octanol–water partition coefficient (Wildman–Crippen LogP) is 2.21. The summed E-state index contributed by atoms with van der Waals surface area (Å²) in [7, 11) is 1.44. The first kappa shape index (κ1) is 10.2. The number of methoxy groups -OCH3 is 1. The predicted molar refractivity (Wildman–Crippen MR) is 53.0 cm³/mol. The highest BCUT2D eigenvalue weighted by Crippen LogP contribution is 2.27. The molecule has 1 aromatic carbocycles. The Morgan fingerprint density at radius 2 is 2.29 bits per heavy atom. The van der Waals surface area contributed by atoms with Gasteiger partial charge in [0.2, 0.25) is 0 Å². The van der Waals surface area contributed by atoms with E-state index in [0.717, 1.165) is 5.56 Å². The molecule has 0 spiro atoms. The molecule has 0 bridgehead atoms. The van der Waals surface area contributed by atoms with Gasteiger partial charge in [-0.3, -0.25) is 10.1 Å². The summed E-state index contributed by atoms with van der Waals surface area (Å²) in [5.41, 5.74) is 1.19. The molecule has 0 fully saturated rings. The smallest absolute Gasteiger partial charge is 0.294 e. The molecular weight excluding hydrogens is 184 g/mol. The van der Waals surface area contributed by atoms with Gasteiger partial charge in [0.1, 0.15) is 5.69 Å². The minimum atomic E-state index is -0.470. The molecular formula is C9H10N2O3. The SMILES string of the molecule is COC=Nc1cc(C)ccc1[N+](=O)[O-]. The summed E-state index contributed by atoms with van der Waals surface area (Å²) < 4.78 is 4.61. The zero-order valence-corrected chi connectivity index (χ0v) is 7.93. The number of benzene rings is 1. The molecule has 0 N–H and O–H groups in total. The van der Waals surface area contributed by atoms with Crippen LogP contribution in [0.5, 0.6) is 0 Å². The van der Waals surface area contributed by atoms with Crippen LogP contribution in [0.15, 0.2) is 23.2 Å². The summed E-state index contributed by atoms with van der Waals surface area (Å²) >= 11 is 0. The van der Waals surface area contributed by atoms with E-state index < -0.39 is 4.92 Å². The van der Waals surface area contributed by atoms with Gasteiger partial charge in [0.25, 0.3) is 5.69 Å². The molecule has 5 nitrogen and oxygen atoms in total. The maximum Gasteiger partial charge on any atom is 0.294 e. The van der Waals surface area contributed by atoms with Crippen molar-refractivity contribution in [1.29, 1.82) is 0 Å². The van der Waals surface area contributed by atoms with Gasteiger partial charge in [-0.15, -0.1) is 0 Å². The number of ether oxygens (including phenoxy) is 1. The van der Waals surface area contributed by atoms with E-state index in [9.17, 15) is 10.1 Å². The fourth-order valence-electron chi connectivity index (χ4n) is 1.00. The Hall–Kier alpha value is -1.91. The van der Waals surface area contributed by atoms with E-state index in [0.29, 0.717) is 5.69 Å². The molecule has 0 saturated heterocycles. The number of rotatable bonds is 3. The molecule has 14 heavy (non-hydrogen) atoms. The summed E-state index contributed by atoms with van der Waals surface area (Å²) in [6, 6.07) is 4.73. The molecule has 0 aliphatic carbocycles. The summed E-state index contributed by atoms with van der Waals surface area (Å²) in [5, 5.41) is 10.6. The largest absolute Gasteiger partial charge is 0.486 e. The zero-order chi connectivity index (χ0) is 10.6. The lowest BCUT2D eigenvalue weighted by Crippen LogP contribution is -1.89. The van der Waals surface area contributed by atoms with Crippen LogP contribution in [-0.4, -0.2) is 18.4 Å². The Labute approximate surface area is 81.2 Å². The van der Waals surface area contributed by atoms with Gasteiger partial charge < -0.3 is 4.74 Å². The summed E-state index contributed by atoms with van der Waals surface area (Å²) in [5.74, 6) is 0. The first-order valence-corrected chi connectivity index (χ1v) is 3.95. The van der Waals surface area contributed by atoms with Crippen LogP contribution < -0.4 is 0 Å². The third-order valence-corrected chi connectivity index (χ3v) is 1.62. The maximum atomic E-state index is 10.6. The van der Waals surface area contributed by atoms with E-state index in [2.05, 4.69) is 9.73 Å². The second kappa shape index (κ2) is 4.36. The van der Waals surface area contributed by atoms with E-state index in [1.807, 2.05) is 6.92 Å². The standard InChI is InChI=1S/C9H10N2O3/c1-7-3-4-9(11(12)13)8(5-7)10-6-14-2/h3-6H,1-2H3. The van der Waals surface area contributed by atoms with Gasteiger partial charge in [0, 0.05) is 6.07 Å². The van der Waals surface area contributed by atoms with Crippen LogP contribution in [0.2, 0.25) is 0 Å². The van der Waals surface area contributed by atoms with Gasteiger partial charge >= 0.3 is 0 Å². The number of nitrogens with zero attached hydrogens (tertiary/aromatic N) is 2. The Morgan fingerprint density at radius 1 is 1.57 bits per heavy atom. The van der Waals surface area contributed by atoms with Crippen molar-refractivity contribution < 1.29 is 9.66 Å². The summed E-state index contributed by atoms with van der Waals surface area (Å²) in [4.78, 5) is 13.9. The van der Waals surface area contributed by atoms with Crippen molar-refractivity contribution in [3.63, 3.8) is 0 Å². The lowest BCUT2D eigenvalue weighted by atomic mass is 10.2. The van der Waals surface area contributed by atoms with E-state index in [4.69, 9.17) is 0 Å². The van der Waals surface area contributed by atoms with Gasteiger partial charge in [-0.05, 0) is 18.6 Å². The molecule has 1 rings (SSSR count). The quantitative estimate of drug-likeness (QED) is 0.320. The molecule has 0 heterocycles. The van der Waals surface area contributed by atoms with Crippen molar-refractivity contribution in [2.75, 3.05) is 7.11 Å². The van der Waals surface area contributed by atoms with E-state index in [1.165, 1.54) is 19.6 Å². The highest BCUT2D eigenvalue weighted by Gasteiger charge is 2.11. The highest BCUT2D eigenvalue weighted by molar-refractivity contribution is 5.65. The number of hydrogen-bond donors (Lipinski definition) is 0. The zero-order valence-electron chi connectivity index (χ0n) is 7.93.